The van der Waals surface area contributed by atoms with Crippen molar-refractivity contribution >= 4 is 11.8 Å². The van der Waals surface area contributed by atoms with Crippen LogP contribution in [0.4, 0.5) is 0 Å². The number of amidine groups is 1. The molecule has 0 aromatic heterocycles. The molecule has 6 heteroatoms. The first-order chi connectivity index (χ1) is 9.21. The molecule has 1 rings (SSSR count). The molecule has 1 atom stereocenters. The van der Waals surface area contributed by atoms with Crippen molar-refractivity contribution in [2.45, 2.75) is 32.4 Å². The van der Waals surface area contributed by atoms with E-state index in [2.05, 4.69) is 5.16 Å². The van der Waals surface area contributed by atoms with Gasteiger partial charge in [0.25, 0.3) is 0 Å². The van der Waals surface area contributed by atoms with Crippen LogP contribution in [-0.4, -0.2) is 39.6 Å². The minimum Gasteiger partial charge on any atom is -0.480 e. The van der Waals surface area contributed by atoms with E-state index in [1.165, 1.54) is 0 Å². The van der Waals surface area contributed by atoms with Crippen molar-refractivity contribution in [2.75, 3.05) is 7.05 Å². The van der Waals surface area contributed by atoms with Crippen LogP contribution < -0.4 is 5.73 Å². The minimum absolute atomic E-state index is 0.0448. The Morgan fingerprint density at radius 3 is 2.25 bits per heavy atom. The van der Waals surface area contributed by atoms with E-state index in [-0.39, 0.29) is 11.9 Å². The van der Waals surface area contributed by atoms with E-state index in [0.717, 1.165) is 5.56 Å². The van der Waals surface area contributed by atoms with Crippen LogP contribution >= 0.6 is 0 Å². The molecular formula is C14H21N3O3. The molecule has 0 amide bonds. The normalized spacial score (nSPS) is 14.3. The van der Waals surface area contributed by atoms with Gasteiger partial charge in [0.2, 0.25) is 0 Å². The van der Waals surface area contributed by atoms with E-state index in [4.69, 9.17) is 10.9 Å². The molecule has 0 radical (unpaired) electrons. The van der Waals surface area contributed by atoms with E-state index in [9.17, 15) is 9.90 Å². The molecule has 20 heavy (non-hydrogen) atoms. The number of carboxylic acid groups (broad SMARTS) is 1. The topological polar surface area (TPSA) is 99.2 Å². The maximum Gasteiger partial charge on any atom is 0.323 e. The predicted octanol–water partition coefficient (Wildman–Crippen LogP) is 1.64. The Bertz CT molecular complexity index is 509. The van der Waals surface area contributed by atoms with Crippen LogP contribution in [0.5, 0.6) is 0 Å². The van der Waals surface area contributed by atoms with Gasteiger partial charge in [0.15, 0.2) is 5.84 Å². The highest BCUT2D eigenvalue weighted by molar-refractivity contribution is 5.96. The third-order valence-electron chi connectivity index (χ3n) is 3.78. The second-order valence-electron chi connectivity index (χ2n) is 5.26. The molecule has 0 fully saturated rings. The second kappa shape index (κ2) is 5.92. The number of nitrogens with zero attached hydrogens (tertiary/aromatic N) is 2. The summed E-state index contributed by atoms with van der Waals surface area (Å²) in [4.78, 5) is 13.1. The summed E-state index contributed by atoms with van der Waals surface area (Å²) in [5, 5.41) is 20.8. The highest BCUT2D eigenvalue weighted by Gasteiger charge is 2.35. The van der Waals surface area contributed by atoms with Gasteiger partial charge in [-0.1, -0.05) is 29.4 Å². The molecular weight excluding hydrogens is 258 g/mol. The fraction of sp³-hybridized carbons (Fsp3) is 0.429. The molecule has 1 aromatic rings. The fourth-order valence-corrected chi connectivity index (χ4v) is 1.85. The summed E-state index contributed by atoms with van der Waals surface area (Å²) in [6, 6.07) is 7.08. The number of nitrogens with two attached hydrogens (primary N) is 1. The van der Waals surface area contributed by atoms with Gasteiger partial charge >= 0.3 is 5.97 Å². The molecule has 1 aromatic carbocycles. The van der Waals surface area contributed by atoms with Crippen LogP contribution in [0, 0.1) is 0 Å². The summed E-state index contributed by atoms with van der Waals surface area (Å²) in [5.74, 6) is -0.830. The first kappa shape index (κ1) is 16.0. The van der Waals surface area contributed by atoms with Crippen molar-refractivity contribution in [3.63, 3.8) is 0 Å². The summed E-state index contributed by atoms with van der Waals surface area (Å²) in [7, 11) is 1.77. The zero-order valence-electron chi connectivity index (χ0n) is 12.2. The number of hydrogen-bond acceptors (Lipinski definition) is 4. The van der Waals surface area contributed by atoms with Crippen LogP contribution in [0.25, 0.3) is 0 Å². The van der Waals surface area contributed by atoms with Crippen molar-refractivity contribution in [3.05, 3.63) is 35.4 Å². The monoisotopic (exact) mass is 279 g/mol. The van der Waals surface area contributed by atoms with E-state index in [0.29, 0.717) is 5.56 Å². The highest BCUT2D eigenvalue weighted by Crippen LogP contribution is 2.26. The van der Waals surface area contributed by atoms with Gasteiger partial charge in [-0.15, -0.1) is 0 Å². The zero-order chi connectivity index (χ0) is 15.5. The van der Waals surface area contributed by atoms with Crippen molar-refractivity contribution in [1.82, 2.24) is 4.90 Å². The third kappa shape index (κ3) is 3.08. The summed E-state index contributed by atoms with van der Waals surface area (Å²) in [6.45, 7) is 5.26. The van der Waals surface area contributed by atoms with Crippen LogP contribution in [0.3, 0.4) is 0 Å². The van der Waals surface area contributed by atoms with Crippen molar-refractivity contribution in [3.8, 4) is 0 Å². The molecule has 0 saturated carbocycles. The van der Waals surface area contributed by atoms with Gasteiger partial charge in [0.05, 0.1) is 0 Å². The number of hydrogen-bond donors (Lipinski definition) is 3. The summed E-state index contributed by atoms with van der Waals surface area (Å²) < 4.78 is 0. The lowest BCUT2D eigenvalue weighted by Gasteiger charge is -2.36. The van der Waals surface area contributed by atoms with Crippen LogP contribution in [0.1, 0.15) is 37.9 Å². The molecule has 6 nitrogen and oxygen atoms in total. The summed E-state index contributed by atoms with van der Waals surface area (Å²) >= 11 is 0. The van der Waals surface area contributed by atoms with Crippen molar-refractivity contribution in [1.29, 1.82) is 0 Å². The Balaban J connectivity index is 2.98. The Morgan fingerprint density at radius 2 is 1.85 bits per heavy atom. The molecule has 0 bridgehead atoms. The maximum absolute atomic E-state index is 11.3. The molecule has 1 unspecified atom stereocenters. The molecule has 0 aliphatic carbocycles. The maximum atomic E-state index is 11.3. The number of likely N-dealkylation sites (N-methyl/N-ethyl adjacent to an activating group) is 1. The Kier molecular flexibility index (Phi) is 4.73. The largest absolute Gasteiger partial charge is 0.480 e. The molecule has 4 N–H and O–H groups in total. The first-order valence-corrected chi connectivity index (χ1v) is 6.26. The van der Waals surface area contributed by atoms with E-state index in [1.807, 2.05) is 19.1 Å². The number of oxime groups is 1. The zero-order valence-corrected chi connectivity index (χ0v) is 12.2. The Labute approximate surface area is 118 Å². The average Bonchev–Trinajstić information content (AvgIpc) is 2.44. The van der Waals surface area contributed by atoms with Gasteiger partial charge in [-0.2, -0.15) is 0 Å². The number of aliphatic carboxylic acids is 1. The molecule has 0 aliphatic heterocycles. The molecule has 110 valence electrons. The van der Waals surface area contributed by atoms with E-state index >= 15 is 0 Å². The van der Waals surface area contributed by atoms with Gasteiger partial charge in [-0.05, 0) is 33.4 Å². The minimum atomic E-state index is -0.969. The number of benzene rings is 1. The average molecular weight is 279 g/mol. The Morgan fingerprint density at radius 1 is 1.35 bits per heavy atom. The predicted molar refractivity (Wildman–Crippen MR) is 76.8 cm³/mol. The SMILES string of the molecule is CC(c1ccc(C(N)=NO)cc1)N(C)C(C)(C)C(=O)O. The van der Waals surface area contributed by atoms with Crippen molar-refractivity contribution in [2.24, 2.45) is 10.9 Å². The van der Waals surface area contributed by atoms with E-state index < -0.39 is 11.5 Å². The van der Waals surface area contributed by atoms with Crippen LogP contribution in [-0.2, 0) is 4.79 Å². The molecule has 0 aliphatic rings. The van der Waals surface area contributed by atoms with Gasteiger partial charge in [-0.25, -0.2) is 0 Å². The van der Waals surface area contributed by atoms with Gasteiger partial charge in [-0.3, -0.25) is 9.69 Å². The van der Waals surface area contributed by atoms with Crippen molar-refractivity contribution < 1.29 is 15.1 Å². The number of carboxylic acids is 1. The highest BCUT2D eigenvalue weighted by atomic mass is 16.4. The van der Waals surface area contributed by atoms with Gasteiger partial charge < -0.3 is 16.0 Å². The number of rotatable bonds is 5. The Hall–Kier alpha value is -2.08. The smallest absolute Gasteiger partial charge is 0.323 e. The summed E-state index contributed by atoms with van der Waals surface area (Å²) in [6.07, 6.45) is 0. The van der Waals surface area contributed by atoms with Crippen LogP contribution in [0.2, 0.25) is 0 Å². The van der Waals surface area contributed by atoms with Gasteiger partial charge in [0, 0.05) is 11.6 Å². The molecule has 0 saturated heterocycles. The first-order valence-electron chi connectivity index (χ1n) is 6.26. The lowest BCUT2D eigenvalue weighted by molar-refractivity contribution is -0.149. The summed E-state index contributed by atoms with van der Waals surface area (Å²) in [5.41, 5.74) is 6.10. The second-order valence-corrected chi connectivity index (χ2v) is 5.26. The molecule has 0 spiro atoms. The quantitative estimate of drug-likeness (QED) is 0.329. The lowest BCUT2D eigenvalue weighted by atomic mass is 9.97. The van der Waals surface area contributed by atoms with Gasteiger partial charge in [0.1, 0.15) is 5.54 Å². The molecule has 0 heterocycles. The number of carbonyl (C=O) groups is 1. The lowest BCUT2D eigenvalue weighted by Crippen LogP contribution is -2.48. The van der Waals surface area contributed by atoms with E-state index in [1.54, 1.807) is 37.9 Å². The standard InChI is InChI=1S/C14H21N3O3/c1-9(17(4)14(2,3)13(18)19)10-5-7-11(8-6-10)12(15)16-20/h5-9,20H,1-4H3,(H2,15,16)(H,18,19). The fourth-order valence-electron chi connectivity index (χ4n) is 1.85. The third-order valence-corrected chi connectivity index (χ3v) is 3.78. The van der Waals surface area contributed by atoms with Crippen LogP contribution in [0.15, 0.2) is 29.4 Å².